The van der Waals surface area contributed by atoms with Crippen LogP contribution in [0.1, 0.15) is 19.8 Å². The zero-order chi connectivity index (χ0) is 7.19. The van der Waals surface area contributed by atoms with Crippen molar-refractivity contribution in [2.24, 2.45) is 11.8 Å². The van der Waals surface area contributed by atoms with Gasteiger partial charge in [-0.1, -0.05) is 6.92 Å². The van der Waals surface area contributed by atoms with E-state index in [2.05, 4.69) is 12.2 Å². The molecule has 2 nitrogen and oxygen atoms in total. The van der Waals surface area contributed by atoms with E-state index in [9.17, 15) is 5.11 Å². The molecule has 2 fully saturated rings. The maximum Gasteiger partial charge on any atom is 0.0725 e. The third-order valence-corrected chi connectivity index (χ3v) is 3.32. The van der Waals surface area contributed by atoms with Crippen molar-refractivity contribution < 1.29 is 5.11 Å². The van der Waals surface area contributed by atoms with Gasteiger partial charge in [0.25, 0.3) is 0 Å². The van der Waals surface area contributed by atoms with Crippen LogP contribution in [-0.4, -0.2) is 23.8 Å². The van der Waals surface area contributed by atoms with E-state index in [1.54, 1.807) is 0 Å². The zero-order valence-corrected chi connectivity index (χ0v) is 6.43. The molecule has 0 aromatic rings. The fourth-order valence-electron chi connectivity index (χ4n) is 1.98. The number of rotatable bonds is 1. The van der Waals surface area contributed by atoms with E-state index in [1.165, 1.54) is 6.42 Å². The molecule has 58 valence electrons. The van der Waals surface area contributed by atoms with Gasteiger partial charge in [-0.2, -0.15) is 0 Å². The van der Waals surface area contributed by atoms with Crippen molar-refractivity contribution in [1.82, 2.24) is 5.32 Å². The minimum Gasteiger partial charge on any atom is -0.389 e. The average molecular weight is 141 g/mol. The Bertz CT molecular complexity index is 144. The van der Waals surface area contributed by atoms with Crippen LogP contribution in [0.4, 0.5) is 0 Å². The molecule has 2 rings (SSSR count). The molecule has 2 unspecified atom stereocenters. The largest absolute Gasteiger partial charge is 0.389 e. The second kappa shape index (κ2) is 1.95. The Labute approximate surface area is 61.6 Å². The van der Waals surface area contributed by atoms with Gasteiger partial charge in [-0.25, -0.2) is 0 Å². The molecule has 2 atom stereocenters. The van der Waals surface area contributed by atoms with Crippen molar-refractivity contribution in [3.63, 3.8) is 0 Å². The summed E-state index contributed by atoms with van der Waals surface area (Å²) in [5.41, 5.74) is -0.286. The number of hydrogen-bond donors (Lipinski definition) is 2. The van der Waals surface area contributed by atoms with Crippen molar-refractivity contribution in [3.05, 3.63) is 0 Å². The molecule has 0 radical (unpaired) electrons. The second-order valence-corrected chi connectivity index (χ2v) is 3.79. The van der Waals surface area contributed by atoms with E-state index in [4.69, 9.17) is 0 Å². The molecular formula is C8H15NO. The Kier molecular flexibility index (Phi) is 1.29. The quantitative estimate of drug-likeness (QED) is 0.553. The van der Waals surface area contributed by atoms with Gasteiger partial charge >= 0.3 is 0 Å². The van der Waals surface area contributed by atoms with Crippen LogP contribution in [0.5, 0.6) is 0 Å². The summed E-state index contributed by atoms with van der Waals surface area (Å²) in [4.78, 5) is 0. The van der Waals surface area contributed by atoms with Crippen LogP contribution in [0, 0.1) is 11.8 Å². The molecule has 1 heterocycles. The normalized spacial score (nSPS) is 48.0. The highest BCUT2D eigenvalue weighted by atomic mass is 16.3. The highest BCUT2D eigenvalue weighted by molar-refractivity contribution is 5.03. The topological polar surface area (TPSA) is 32.3 Å². The lowest BCUT2D eigenvalue weighted by atomic mass is 9.62. The minimum atomic E-state index is -0.286. The molecule has 0 amide bonds. The van der Waals surface area contributed by atoms with Crippen LogP contribution >= 0.6 is 0 Å². The monoisotopic (exact) mass is 141 g/mol. The maximum absolute atomic E-state index is 9.96. The fourth-order valence-corrected chi connectivity index (χ4v) is 1.98. The van der Waals surface area contributed by atoms with Gasteiger partial charge in [0.05, 0.1) is 5.60 Å². The molecule has 0 bridgehead atoms. The van der Waals surface area contributed by atoms with Gasteiger partial charge in [0.2, 0.25) is 0 Å². The summed E-state index contributed by atoms with van der Waals surface area (Å²) in [7, 11) is 0. The fraction of sp³-hybridized carbons (Fsp3) is 1.00. The third-order valence-electron chi connectivity index (χ3n) is 3.32. The predicted molar refractivity (Wildman–Crippen MR) is 39.7 cm³/mol. The Hall–Kier alpha value is -0.0800. The second-order valence-electron chi connectivity index (χ2n) is 3.79. The molecule has 2 heteroatoms. The van der Waals surface area contributed by atoms with Crippen molar-refractivity contribution in [2.75, 3.05) is 13.1 Å². The summed E-state index contributed by atoms with van der Waals surface area (Å²) in [6.07, 6.45) is 2.24. The van der Waals surface area contributed by atoms with Gasteiger partial charge in [-0.05, 0) is 18.8 Å². The SMILES string of the molecule is CC1CCC1(O)C1CNC1. The highest BCUT2D eigenvalue weighted by Gasteiger charge is 2.49. The zero-order valence-electron chi connectivity index (χ0n) is 6.43. The van der Waals surface area contributed by atoms with E-state index in [0.29, 0.717) is 11.8 Å². The molecule has 0 aromatic heterocycles. The van der Waals surface area contributed by atoms with Crippen LogP contribution in [-0.2, 0) is 0 Å². The van der Waals surface area contributed by atoms with Crippen molar-refractivity contribution >= 4 is 0 Å². The van der Waals surface area contributed by atoms with Gasteiger partial charge in [-0.3, -0.25) is 0 Å². The van der Waals surface area contributed by atoms with Gasteiger partial charge in [0, 0.05) is 19.0 Å². The van der Waals surface area contributed by atoms with Gasteiger partial charge in [0.15, 0.2) is 0 Å². The van der Waals surface area contributed by atoms with E-state index < -0.39 is 0 Å². The summed E-state index contributed by atoms with van der Waals surface area (Å²) >= 11 is 0. The molecule has 0 aromatic carbocycles. The predicted octanol–water partition coefficient (Wildman–Crippen LogP) is 0.367. The maximum atomic E-state index is 9.96. The van der Waals surface area contributed by atoms with E-state index in [-0.39, 0.29) is 5.60 Å². The number of aliphatic hydroxyl groups is 1. The summed E-state index contributed by atoms with van der Waals surface area (Å²) in [5, 5.41) is 13.2. The van der Waals surface area contributed by atoms with Crippen LogP contribution in [0.25, 0.3) is 0 Å². The van der Waals surface area contributed by atoms with E-state index >= 15 is 0 Å². The minimum absolute atomic E-state index is 0.286. The number of hydrogen-bond acceptors (Lipinski definition) is 2. The molecular weight excluding hydrogens is 126 g/mol. The smallest absolute Gasteiger partial charge is 0.0725 e. The Morgan fingerprint density at radius 1 is 1.50 bits per heavy atom. The van der Waals surface area contributed by atoms with E-state index in [1.807, 2.05) is 0 Å². The molecule has 1 saturated heterocycles. The first-order chi connectivity index (χ1) is 4.73. The Morgan fingerprint density at radius 3 is 2.30 bits per heavy atom. The lowest BCUT2D eigenvalue weighted by molar-refractivity contribution is -0.143. The lowest BCUT2D eigenvalue weighted by Crippen LogP contribution is -2.62. The van der Waals surface area contributed by atoms with Gasteiger partial charge in [-0.15, -0.1) is 0 Å². The van der Waals surface area contributed by atoms with Crippen LogP contribution in [0.15, 0.2) is 0 Å². The van der Waals surface area contributed by atoms with Crippen molar-refractivity contribution in [2.45, 2.75) is 25.4 Å². The first-order valence-corrected chi connectivity index (χ1v) is 4.16. The first kappa shape index (κ1) is 6.62. The van der Waals surface area contributed by atoms with Gasteiger partial charge < -0.3 is 10.4 Å². The molecule has 1 saturated carbocycles. The highest BCUT2D eigenvalue weighted by Crippen LogP contribution is 2.44. The van der Waals surface area contributed by atoms with Crippen LogP contribution < -0.4 is 5.32 Å². The molecule has 0 spiro atoms. The Balaban J connectivity index is 2.00. The summed E-state index contributed by atoms with van der Waals surface area (Å²) in [6, 6.07) is 0. The summed E-state index contributed by atoms with van der Waals surface area (Å²) < 4.78 is 0. The standard InChI is InChI=1S/C8H15NO/c1-6-2-3-8(6,10)7-4-9-5-7/h6-7,9-10H,2-5H2,1H3. The molecule has 1 aliphatic carbocycles. The molecule has 2 N–H and O–H groups in total. The van der Waals surface area contributed by atoms with Crippen molar-refractivity contribution in [3.8, 4) is 0 Å². The average Bonchev–Trinajstić information content (AvgIpc) is 1.81. The first-order valence-electron chi connectivity index (χ1n) is 4.16. The molecule has 1 aliphatic heterocycles. The van der Waals surface area contributed by atoms with Crippen LogP contribution in [0.2, 0.25) is 0 Å². The molecule has 10 heavy (non-hydrogen) atoms. The number of nitrogens with one attached hydrogen (secondary N) is 1. The third kappa shape index (κ3) is 0.663. The van der Waals surface area contributed by atoms with Crippen LogP contribution in [0.3, 0.4) is 0 Å². The summed E-state index contributed by atoms with van der Waals surface area (Å²) in [5.74, 6) is 1.09. The Morgan fingerprint density at radius 2 is 2.20 bits per heavy atom. The van der Waals surface area contributed by atoms with Crippen molar-refractivity contribution in [1.29, 1.82) is 0 Å². The lowest BCUT2D eigenvalue weighted by Gasteiger charge is -2.52. The van der Waals surface area contributed by atoms with E-state index in [0.717, 1.165) is 19.5 Å². The summed E-state index contributed by atoms with van der Waals surface area (Å²) in [6.45, 7) is 4.21. The molecule has 2 aliphatic rings. The van der Waals surface area contributed by atoms with Gasteiger partial charge in [0.1, 0.15) is 0 Å².